The van der Waals surface area contributed by atoms with Crippen LogP contribution in [0, 0.1) is 11.8 Å². The van der Waals surface area contributed by atoms with E-state index in [1.165, 1.54) is 12.0 Å². The van der Waals surface area contributed by atoms with Gasteiger partial charge in [-0.1, -0.05) is 38.8 Å². The summed E-state index contributed by atoms with van der Waals surface area (Å²) in [7, 11) is 1.69. The van der Waals surface area contributed by atoms with Crippen LogP contribution in [-0.2, 0) is 6.42 Å². The van der Waals surface area contributed by atoms with E-state index in [0.29, 0.717) is 0 Å². The van der Waals surface area contributed by atoms with Gasteiger partial charge in [-0.25, -0.2) is 0 Å². The predicted molar refractivity (Wildman–Crippen MR) is 83.1 cm³/mol. The van der Waals surface area contributed by atoms with E-state index in [1.807, 2.05) is 18.2 Å². The molecule has 1 aliphatic carbocycles. The van der Waals surface area contributed by atoms with Crippen LogP contribution in [0.1, 0.15) is 51.5 Å². The predicted octanol–water partition coefficient (Wildman–Crippen LogP) is 4.21. The smallest absolute Gasteiger partial charge is 0.119 e. The van der Waals surface area contributed by atoms with E-state index >= 15 is 0 Å². The molecule has 1 fully saturated rings. The normalized spacial score (nSPS) is 27.4. The largest absolute Gasteiger partial charge is 0.497 e. The van der Waals surface area contributed by atoms with E-state index in [4.69, 9.17) is 4.74 Å². The van der Waals surface area contributed by atoms with Crippen molar-refractivity contribution >= 4 is 0 Å². The maximum Gasteiger partial charge on any atom is 0.119 e. The van der Waals surface area contributed by atoms with Crippen molar-refractivity contribution < 1.29 is 9.84 Å². The highest BCUT2D eigenvalue weighted by Crippen LogP contribution is 2.36. The lowest BCUT2D eigenvalue weighted by molar-refractivity contribution is 0.0236. The van der Waals surface area contributed by atoms with Crippen molar-refractivity contribution in [3.63, 3.8) is 0 Å². The highest BCUT2D eigenvalue weighted by Gasteiger charge is 2.31. The molecular formula is C18H28O2. The highest BCUT2D eigenvalue weighted by atomic mass is 16.5. The van der Waals surface area contributed by atoms with E-state index in [0.717, 1.165) is 49.7 Å². The van der Waals surface area contributed by atoms with Gasteiger partial charge in [0.1, 0.15) is 5.75 Å². The first kappa shape index (κ1) is 15.4. The number of benzene rings is 1. The molecule has 2 unspecified atom stereocenters. The van der Waals surface area contributed by atoms with Gasteiger partial charge in [-0.3, -0.25) is 0 Å². The summed E-state index contributed by atoms with van der Waals surface area (Å²) in [5, 5.41) is 10.9. The van der Waals surface area contributed by atoms with Crippen molar-refractivity contribution in [2.45, 2.75) is 58.0 Å². The van der Waals surface area contributed by atoms with Crippen LogP contribution in [0.3, 0.4) is 0 Å². The van der Waals surface area contributed by atoms with Gasteiger partial charge in [0.2, 0.25) is 0 Å². The average molecular weight is 276 g/mol. The SMILES string of the molecule is COc1cccc(CC2(O)CCCC(C(C)C)CC2)c1. The minimum atomic E-state index is -0.532. The molecule has 0 aliphatic heterocycles. The molecule has 2 heteroatoms. The Kier molecular flexibility index (Phi) is 5.09. The minimum Gasteiger partial charge on any atom is -0.497 e. The first-order chi connectivity index (χ1) is 9.52. The number of aliphatic hydroxyl groups is 1. The molecule has 1 saturated carbocycles. The van der Waals surface area contributed by atoms with E-state index in [9.17, 15) is 5.11 Å². The molecule has 112 valence electrons. The van der Waals surface area contributed by atoms with Crippen LogP contribution in [0.2, 0.25) is 0 Å². The van der Waals surface area contributed by atoms with Crippen LogP contribution in [0.15, 0.2) is 24.3 Å². The number of ether oxygens (including phenoxy) is 1. The van der Waals surface area contributed by atoms with E-state index < -0.39 is 5.60 Å². The van der Waals surface area contributed by atoms with Gasteiger partial charge in [0.05, 0.1) is 12.7 Å². The van der Waals surface area contributed by atoms with Crippen molar-refractivity contribution in [1.29, 1.82) is 0 Å². The number of hydrogen-bond acceptors (Lipinski definition) is 2. The second-order valence-corrected chi connectivity index (χ2v) is 6.69. The van der Waals surface area contributed by atoms with Crippen molar-refractivity contribution in [1.82, 2.24) is 0 Å². The van der Waals surface area contributed by atoms with E-state index in [2.05, 4.69) is 19.9 Å². The van der Waals surface area contributed by atoms with Crippen LogP contribution in [0.25, 0.3) is 0 Å². The van der Waals surface area contributed by atoms with Gasteiger partial charge in [0, 0.05) is 6.42 Å². The molecule has 0 saturated heterocycles. The molecule has 1 aromatic carbocycles. The van der Waals surface area contributed by atoms with Gasteiger partial charge in [0.25, 0.3) is 0 Å². The van der Waals surface area contributed by atoms with Crippen molar-refractivity contribution in [3.8, 4) is 5.75 Å². The van der Waals surface area contributed by atoms with Crippen LogP contribution < -0.4 is 4.74 Å². The third-order valence-electron chi connectivity index (χ3n) is 4.81. The Morgan fingerprint density at radius 2 is 2.10 bits per heavy atom. The van der Waals surface area contributed by atoms with E-state index in [-0.39, 0.29) is 0 Å². The molecule has 0 aromatic heterocycles. The summed E-state index contributed by atoms with van der Waals surface area (Å²) in [6, 6.07) is 8.09. The van der Waals surface area contributed by atoms with Gasteiger partial charge in [-0.2, -0.15) is 0 Å². The molecular weight excluding hydrogens is 248 g/mol. The van der Waals surface area contributed by atoms with E-state index in [1.54, 1.807) is 7.11 Å². The third-order valence-corrected chi connectivity index (χ3v) is 4.81. The van der Waals surface area contributed by atoms with Crippen LogP contribution in [0.4, 0.5) is 0 Å². The number of methoxy groups -OCH3 is 1. The fourth-order valence-electron chi connectivity index (χ4n) is 3.42. The first-order valence-corrected chi connectivity index (χ1v) is 7.88. The Bertz CT molecular complexity index is 427. The molecule has 20 heavy (non-hydrogen) atoms. The first-order valence-electron chi connectivity index (χ1n) is 7.88. The standard InChI is InChI=1S/C18H28O2/c1-14(2)16-7-5-10-18(19,11-9-16)13-15-6-4-8-17(12-15)20-3/h4,6,8,12,14,16,19H,5,7,9-11,13H2,1-3H3. The topological polar surface area (TPSA) is 29.5 Å². The summed E-state index contributed by atoms with van der Waals surface area (Å²) >= 11 is 0. The van der Waals surface area contributed by atoms with Gasteiger partial charge in [-0.15, -0.1) is 0 Å². The van der Waals surface area contributed by atoms with Crippen molar-refractivity contribution in [2.75, 3.05) is 7.11 Å². The molecule has 2 nitrogen and oxygen atoms in total. The minimum absolute atomic E-state index is 0.532. The second-order valence-electron chi connectivity index (χ2n) is 6.69. The Morgan fingerprint density at radius 3 is 2.80 bits per heavy atom. The third kappa shape index (κ3) is 3.99. The maximum atomic E-state index is 10.9. The van der Waals surface area contributed by atoms with Crippen LogP contribution in [0.5, 0.6) is 5.75 Å². The zero-order valence-electron chi connectivity index (χ0n) is 13.1. The molecule has 0 heterocycles. The van der Waals surface area contributed by atoms with Gasteiger partial charge in [0.15, 0.2) is 0 Å². The Labute approximate surface area is 123 Å². The van der Waals surface area contributed by atoms with Gasteiger partial charge < -0.3 is 9.84 Å². The van der Waals surface area contributed by atoms with Crippen molar-refractivity contribution in [3.05, 3.63) is 29.8 Å². The quantitative estimate of drug-likeness (QED) is 0.835. The van der Waals surface area contributed by atoms with Gasteiger partial charge >= 0.3 is 0 Å². The molecule has 1 aromatic rings. The molecule has 1 aliphatic rings. The fraction of sp³-hybridized carbons (Fsp3) is 0.667. The summed E-state index contributed by atoms with van der Waals surface area (Å²) in [5.41, 5.74) is 0.644. The molecule has 0 bridgehead atoms. The zero-order valence-corrected chi connectivity index (χ0v) is 13.1. The summed E-state index contributed by atoms with van der Waals surface area (Å²) in [4.78, 5) is 0. The lowest BCUT2D eigenvalue weighted by Gasteiger charge is -2.27. The Morgan fingerprint density at radius 1 is 1.30 bits per heavy atom. The second kappa shape index (κ2) is 6.62. The maximum absolute atomic E-state index is 10.9. The van der Waals surface area contributed by atoms with Crippen molar-refractivity contribution in [2.24, 2.45) is 11.8 Å². The molecule has 0 amide bonds. The summed E-state index contributed by atoms with van der Waals surface area (Å²) in [6.45, 7) is 4.61. The monoisotopic (exact) mass is 276 g/mol. The molecule has 2 rings (SSSR count). The molecule has 1 N–H and O–H groups in total. The average Bonchev–Trinajstić information content (AvgIpc) is 2.61. The molecule has 0 spiro atoms. The Hall–Kier alpha value is -1.02. The Balaban J connectivity index is 2.03. The summed E-state index contributed by atoms with van der Waals surface area (Å²) in [6.07, 6.45) is 6.15. The lowest BCUT2D eigenvalue weighted by atomic mass is 9.85. The summed E-state index contributed by atoms with van der Waals surface area (Å²) in [5.74, 6) is 2.38. The zero-order chi connectivity index (χ0) is 14.6. The summed E-state index contributed by atoms with van der Waals surface area (Å²) < 4.78 is 5.27. The number of rotatable bonds is 4. The molecule has 0 radical (unpaired) electrons. The lowest BCUT2D eigenvalue weighted by Crippen LogP contribution is -2.30. The fourth-order valence-corrected chi connectivity index (χ4v) is 3.42. The van der Waals surface area contributed by atoms with Crippen LogP contribution in [-0.4, -0.2) is 17.8 Å². The highest BCUT2D eigenvalue weighted by molar-refractivity contribution is 5.29. The van der Waals surface area contributed by atoms with Gasteiger partial charge in [-0.05, 0) is 48.8 Å². The van der Waals surface area contributed by atoms with Crippen LogP contribution >= 0.6 is 0 Å². The number of hydrogen-bond donors (Lipinski definition) is 1. The molecule has 2 atom stereocenters.